The van der Waals surface area contributed by atoms with Gasteiger partial charge in [0, 0.05) is 6.20 Å². The molecule has 0 saturated heterocycles. The predicted molar refractivity (Wildman–Crippen MR) is 226 cm³/mol. The molecule has 0 N–H and O–H groups in total. The Bertz CT molecular complexity index is 2930. The third-order valence-corrected chi connectivity index (χ3v) is 14.4. The zero-order valence-electron chi connectivity index (χ0n) is 33.9. The van der Waals surface area contributed by atoms with Crippen LogP contribution in [0.1, 0.15) is 84.6 Å². The Balaban J connectivity index is 1.21. The van der Waals surface area contributed by atoms with Crippen molar-refractivity contribution in [2.24, 2.45) is 5.41 Å². The van der Waals surface area contributed by atoms with Gasteiger partial charge in [0.2, 0.25) is 0 Å². The monoisotopic (exact) mass is 918 g/mol. The van der Waals surface area contributed by atoms with Crippen molar-refractivity contribution in [3.05, 3.63) is 142 Å². The summed E-state index contributed by atoms with van der Waals surface area (Å²) in [4.78, 5) is 9.71. The van der Waals surface area contributed by atoms with Crippen LogP contribution >= 0.6 is 0 Å². The molecule has 9 rings (SSSR count). The van der Waals surface area contributed by atoms with Gasteiger partial charge in [-0.2, -0.15) is 0 Å². The molecule has 0 bridgehead atoms. The minimum atomic E-state index is -0.0791. The number of hydrogen-bond donors (Lipinski definition) is 0. The fourth-order valence-electron chi connectivity index (χ4n) is 9.02. The van der Waals surface area contributed by atoms with Crippen LogP contribution in [0.5, 0.6) is 11.5 Å². The number of aryl methyl sites for hydroxylation is 1. The Morgan fingerprint density at radius 2 is 1.34 bits per heavy atom. The molecule has 4 aromatic heterocycles. The van der Waals surface area contributed by atoms with Gasteiger partial charge in [-0.1, -0.05) is 68.4 Å². The molecule has 4 heterocycles. The molecule has 0 radical (unpaired) electrons. The molecule has 0 atom stereocenters. The molecule has 0 amide bonds. The average molecular weight is 919 g/mol. The molecule has 0 unspecified atom stereocenters. The Morgan fingerprint density at radius 1 is 0.643 bits per heavy atom. The Labute approximate surface area is 340 Å². The summed E-state index contributed by atoms with van der Waals surface area (Å²) in [5, 5.41) is 2.50. The summed E-state index contributed by atoms with van der Waals surface area (Å²) >= 11 is 2.42. The Hall–Kier alpha value is -5.06. The third kappa shape index (κ3) is 5.28. The zero-order valence-corrected chi connectivity index (χ0v) is 36.2. The second-order valence-corrected chi connectivity index (χ2v) is 19.2. The van der Waals surface area contributed by atoms with Gasteiger partial charge in [0.1, 0.15) is 0 Å². The predicted octanol–water partition coefficient (Wildman–Crippen LogP) is 12.4. The number of benzene rings is 4. The molecule has 0 saturated carbocycles. The molecule has 7 heteroatoms. The van der Waals surface area contributed by atoms with Crippen molar-refractivity contribution in [2.45, 2.75) is 85.5 Å². The molecule has 1 aliphatic rings. The van der Waals surface area contributed by atoms with E-state index in [2.05, 4.69) is 199 Å². The second kappa shape index (κ2) is 12.5. The van der Waals surface area contributed by atoms with Crippen LogP contribution in [0.2, 0.25) is 0 Å². The quantitative estimate of drug-likeness (QED) is 0.173. The number of ether oxygens (including phenoxy) is 1. The number of pyridine rings is 2. The van der Waals surface area contributed by atoms with Crippen molar-refractivity contribution in [1.29, 1.82) is 0 Å². The summed E-state index contributed by atoms with van der Waals surface area (Å²) in [7, 11) is 0. The minimum absolute atomic E-state index is 0.0117. The van der Waals surface area contributed by atoms with Crippen LogP contribution in [-0.2, 0) is 35.6 Å². The summed E-state index contributed by atoms with van der Waals surface area (Å²) < 4.78 is 14.7. The first-order chi connectivity index (χ1) is 26.5. The zero-order chi connectivity index (χ0) is 39.5. The van der Waals surface area contributed by atoms with Crippen LogP contribution in [0.3, 0.4) is 0 Å². The van der Waals surface area contributed by atoms with Gasteiger partial charge in [0.25, 0.3) is 0 Å². The number of aromatic nitrogens is 5. The van der Waals surface area contributed by atoms with Crippen molar-refractivity contribution in [3.63, 3.8) is 0 Å². The van der Waals surface area contributed by atoms with Gasteiger partial charge in [-0.25, -0.2) is 0 Å². The van der Waals surface area contributed by atoms with E-state index in [1.807, 2.05) is 12.4 Å². The summed E-state index contributed by atoms with van der Waals surface area (Å²) in [5.41, 5.74) is 11.7. The topological polar surface area (TPSA) is 49.8 Å². The number of rotatable bonds is 5. The van der Waals surface area contributed by atoms with Crippen molar-refractivity contribution >= 4 is 32.8 Å². The van der Waals surface area contributed by atoms with E-state index in [-0.39, 0.29) is 21.7 Å². The molecule has 0 spiro atoms. The third-order valence-electron chi connectivity index (χ3n) is 13.4. The first kappa shape index (κ1) is 36.6. The van der Waals surface area contributed by atoms with Gasteiger partial charge in [0.05, 0.1) is 0 Å². The van der Waals surface area contributed by atoms with Gasteiger partial charge in [-0.05, 0) is 38.9 Å². The number of imidazole rings is 1. The van der Waals surface area contributed by atoms with Crippen LogP contribution in [0.15, 0.2) is 116 Å². The molecule has 286 valence electrons. The fraction of sp³-hybridized carbons (Fsp3) is 0.286. The van der Waals surface area contributed by atoms with Gasteiger partial charge in [-0.3, -0.25) is 0 Å². The van der Waals surface area contributed by atoms with Crippen LogP contribution in [0.4, 0.5) is 0 Å². The van der Waals surface area contributed by atoms with Crippen molar-refractivity contribution in [2.75, 3.05) is 0 Å². The van der Waals surface area contributed by atoms with Crippen LogP contribution in [-0.4, -0.2) is 23.7 Å². The summed E-state index contributed by atoms with van der Waals surface area (Å²) in [5.74, 6) is 2.31. The number of hydrogen-bond acceptors (Lipinski definition) is 3. The number of nitrogens with zero attached hydrogens (tertiary/aromatic N) is 5. The molecule has 6 nitrogen and oxygen atoms in total. The molecular formula is C49H49N5OPt. The molecule has 8 aromatic rings. The maximum atomic E-state index is 6.75. The van der Waals surface area contributed by atoms with E-state index in [1.165, 1.54) is 33.0 Å². The molecule has 56 heavy (non-hydrogen) atoms. The average Bonchev–Trinajstić information content (AvgIpc) is 3.68. The van der Waals surface area contributed by atoms with Gasteiger partial charge >= 0.3 is 228 Å². The fourth-order valence-corrected chi connectivity index (χ4v) is 10.2. The SMILES string of the molecule is Cc1ccc(-n2[c](=[Pt])n(-c3cncc(Oc4ccc5c6c7c(ccc6n(-c6cc(C(C)(C)C)ccn6)c5c4)C(C)(C)C(C)(C)C7(C)C)c3)c3ccccc32)cc1. The second-order valence-electron chi connectivity index (χ2n) is 18.1. The van der Waals surface area contributed by atoms with E-state index in [0.717, 1.165) is 48.8 Å². The van der Waals surface area contributed by atoms with Gasteiger partial charge in [0.15, 0.2) is 0 Å². The van der Waals surface area contributed by atoms with Gasteiger partial charge in [-0.15, -0.1) is 0 Å². The van der Waals surface area contributed by atoms with E-state index in [1.54, 1.807) is 6.20 Å². The summed E-state index contributed by atoms with van der Waals surface area (Å²) in [6.45, 7) is 23.4. The summed E-state index contributed by atoms with van der Waals surface area (Å²) in [6.07, 6.45) is 5.65. The summed E-state index contributed by atoms with van der Waals surface area (Å²) in [6, 6.07) is 34.8. The van der Waals surface area contributed by atoms with E-state index in [9.17, 15) is 0 Å². The number of fused-ring (bicyclic) bond motifs is 6. The van der Waals surface area contributed by atoms with Crippen molar-refractivity contribution < 1.29 is 24.1 Å². The van der Waals surface area contributed by atoms with Gasteiger partial charge < -0.3 is 0 Å². The van der Waals surface area contributed by atoms with Crippen LogP contribution in [0.25, 0.3) is 50.0 Å². The Morgan fingerprint density at radius 3 is 2.04 bits per heavy atom. The van der Waals surface area contributed by atoms with E-state index in [0.29, 0.717) is 5.75 Å². The Kier molecular flexibility index (Phi) is 8.14. The molecule has 0 aliphatic heterocycles. The van der Waals surface area contributed by atoms with Crippen LogP contribution in [0, 0.1) is 16.1 Å². The molecule has 0 fully saturated rings. The first-order valence-electron chi connectivity index (χ1n) is 19.5. The molecular weight excluding hydrogens is 870 g/mol. The van der Waals surface area contributed by atoms with E-state index >= 15 is 0 Å². The standard InChI is InChI=1S/C49H49N5O.Pt/c1-31-15-17-33(18-16-31)52-30-53(40-14-12-11-13-39(40)52)34-26-36(29-50-28-34)55-35-19-20-37-42(27-35)54(43-25-32(23-24-51-43)46(2,3)4)41-22-21-38-45(44(37)41)48(7,8)49(9,10)47(38,5)6;/h11-29H,1-10H3;. The normalized spacial score (nSPS) is 15.9. The molecule has 1 aliphatic carbocycles. The number of para-hydroxylation sites is 2. The van der Waals surface area contributed by atoms with E-state index < -0.39 is 0 Å². The molecule has 4 aromatic carbocycles. The van der Waals surface area contributed by atoms with Crippen LogP contribution < -0.4 is 4.74 Å². The maximum absolute atomic E-state index is 6.75. The van der Waals surface area contributed by atoms with Crippen molar-refractivity contribution in [1.82, 2.24) is 23.7 Å². The van der Waals surface area contributed by atoms with Crippen molar-refractivity contribution in [3.8, 4) is 28.7 Å². The van der Waals surface area contributed by atoms with E-state index in [4.69, 9.17) is 14.7 Å². The first-order valence-corrected chi connectivity index (χ1v) is 20.6.